The molecule has 0 heterocycles. The summed E-state index contributed by atoms with van der Waals surface area (Å²) in [5.74, 6) is 0. The van der Waals surface area contributed by atoms with E-state index >= 15 is 0 Å². The highest BCUT2D eigenvalue weighted by Gasteiger charge is 2.33. The minimum atomic E-state index is -4.42. The van der Waals surface area contributed by atoms with Gasteiger partial charge in [0.05, 0.1) is 11.3 Å². The van der Waals surface area contributed by atoms with E-state index in [9.17, 15) is 13.2 Å². The monoisotopic (exact) mass is 227 g/mol. The van der Waals surface area contributed by atoms with Crippen molar-refractivity contribution in [2.24, 2.45) is 0 Å². The fourth-order valence-corrected chi connectivity index (χ4v) is 1.33. The highest BCUT2D eigenvalue weighted by Crippen LogP contribution is 2.32. The number of rotatable bonds is 2. The van der Waals surface area contributed by atoms with E-state index in [0.29, 0.717) is 0 Å². The van der Waals surface area contributed by atoms with Gasteiger partial charge < -0.3 is 5.41 Å². The summed E-state index contributed by atoms with van der Waals surface area (Å²) in [6.45, 7) is 3.48. The Labute approximate surface area is 92.1 Å². The molecule has 0 amide bonds. The summed E-state index contributed by atoms with van der Waals surface area (Å²) in [7, 11) is 0. The van der Waals surface area contributed by atoms with E-state index in [1.54, 1.807) is 13.8 Å². The number of hydrogen-bond acceptors (Lipinski definition) is 1. The van der Waals surface area contributed by atoms with Gasteiger partial charge in [0.2, 0.25) is 0 Å². The topological polar surface area (TPSA) is 23.9 Å². The molecule has 0 atom stereocenters. The maximum atomic E-state index is 12.6. The van der Waals surface area contributed by atoms with Crippen molar-refractivity contribution in [3.8, 4) is 0 Å². The van der Waals surface area contributed by atoms with Crippen LogP contribution in [0.1, 0.15) is 25.0 Å². The van der Waals surface area contributed by atoms with Gasteiger partial charge in [-0.15, -0.1) is 0 Å². The summed E-state index contributed by atoms with van der Waals surface area (Å²) < 4.78 is 37.9. The summed E-state index contributed by atoms with van der Waals surface area (Å²) in [5.41, 5.74) is -0.177. The first-order valence-electron chi connectivity index (χ1n) is 4.72. The highest BCUT2D eigenvalue weighted by molar-refractivity contribution is 6.07. The van der Waals surface area contributed by atoms with Gasteiger partial charge in [0.15, 0.2) is 0 Å². The Morgan fingerprint density at radius 3 is 2.25 bits per heavy atom. The minimum Gasteiger partial charge on any atom is -0.300 e. The average Bonchev–Trinajstić information content (AvgIpc) is 2.15. The lowest BCUT2D eigenvalue weighted by Crippen LogP contribution is -2.11. The molecule has 16 heavy (non-hydrogen) atoms. The Hall–Kier alpha value is -1.58. The second-order valence-corrected chi connectivity index (χ2v) is 3.68. The van der Waals surface area contributed by atoms with Crippen molar-refractivity contribution in [2.75, 3.05) is 0 Å². The molecule has 0 radical (unpaired) electrons. The van der Waals surface area contributed by atoms with Crippen LogP contribution in [0.25, 0.3) is 0 Å². The van der Waals surface area contributed by atoms with Crippen LogP contribution in [0.2, 0.25) is 0 Å². The highest BCUT2D eigenvalue weighted by atomic mass is 19.4. The van der Waals surface area contributed by atoms with Crippen molar-refractivity contribution in [2.45, 2.75) is 20.0 Å². The van der Waals surface area contributed by atoms with E-state index in [0.717, 1.165) is 11.6 Å². The Morgan fingerprint density at radius 1 is 1.19 bits per heavy atom. The fourth-order valence-electron chi connectivity index (χ4n) is 1.33. The molecule has 0 aromatic heterocycles. The maximum absolute atomic E-state index is 12.6. The molecular formula is C12H12F3N. The van der Waals surface area contributed by atoms with Gasteiger partial charge in [0, 0.05) is 5.56 Å². The van der Waals surface area contributed by atoms with E-state index < -0.39 is 11.7 Å². The third-order valence-corrected chi connectivity index (χ3v) is 1.96. The van der Waals surface area contributed by atoms with E-state index in [-0.39, 0.29) is 11.3 Å². The first-order chi connectivity index (χ1) is 7.32. The zero-order valence-corrected chi connectivity index (χ0v) is 9.02. The van der Waals surface area contributed by atoms with Gasteiger partial charge in [-0.05, 0) is 26.0 Å². The standard InChI is InChI=1S/C12H12F3N/c1-8(2)7-11(16)9-5-3-4-6-10(9)12(13,14)15/h3-7,16H,1-2H3. The molecule has 0 aliphatic carbocycles. The van der Waals surface area contributed by atoms with Crippen LogP contribution in [-0.2, 0) is 6.18 Å². The predicted molar refractivity (Wildman–Crippen MR) is 57.7 cm³/mol. The van der Waals surface area contributed by atoms with Gasteiger partial charge >= 0.3 is 6.18 Å². The van der Waals surface area contributed by atoms with Crippen LogP contribution in [0.4, 0.5) is 13.2 Å². The molecule has 4 heteroatoms. The van der Waals surface area contributed by atoms with Crippen molar-refractivity contribution in [3.63, 3.8) is 0 Å². The van der Waals surface area contributed by atoms with Gasteiger partial charge in [-0.3, -0.25) is 0 Å². The Morgan fingerprint density at radius 2 is 1.75 bits per heavy atom. The molecule has 0 aliphatic rings. The second kappa shape index (κ2) is 4.51. The molecule has 0 aliphatic heterocycles. The number of hydrogen-bond donors (Lipinski definition) is 1. The summed E-state index contributed by atoms with van der Waals surface area (Å²) in [6.07, 6.45) is -3.00. The van der Waals surface area contributed by atoms with Crippen LogP contribution in [0.5, 0.6) is 0 Å². The zero-order chi connectivity index (χ0) is 12.3. The molecule has 0 unspecified atom stereocenters. The lowest BCUT2D eigenvalue weighted by molar-refractivity contribution is -0.137. The molecule has 1 N–H and O–H groups in total. The van der Waals surface area contributed by atoms with Crippen molar-refractivity contribution in [1.82, 2.24) is 0 Å². The van der Waals surface area contributed by atoms with Crippen LogP contribution in [0, 0.1) is 5.41 Å². The molecule has 0 fully saturated rings. The van der Waals surface area contributed by atoms with Gasteiger partial charge in [0.25, 0.3) is 0 Å². The second-order valence-electron chi connectivity index (χ2n) is 3.68. The van der Waals surface area contributed by atoms with Crippen LogP contribution in [-0.4, -0.2) is 5.71 Å². The lowest BCUT2D eigenvalue weighted by atomic mass is 10.0. The summed E-state index contributed by atoms with van der Waals surface area (Å²) in [6, 6.07) is 5.12. The number of halogens is 3. The molecule has 86 valence electrons. The van der Waals surface area contributed by atoms with E-state index in [4.69, 9.17) is 5.41 Å². The third-order valence-electron chi connectivity index (χ3n) is 1.96. The number of nitrogens with one attached hydrogen (secondary N) is 1. The van der Waals surface area contributed by atoms with E-state index in [1.807, 2.05) is 0 Å². The SMILES string of the molecule is CC(C)=CC(=N)c1ccccc1C(F)(F)F. The van der Waals surface area contributed by atoms with Gasteiger partial charge in [0.1, 0.15) is 0 Å². The first-order valence-corrected chi connectivity index (χ1v) is 4.72. The van der Waals surface area contributed by atoms with Crippen LogP contribution in [0.3, 0.4) is 0 Å². The predicted octanol–water partition coefficient (Wildman–Crippen LogP) is 4.04. The van der Waals surface area contributed by atoms with Crippen molar-refractivity contribution >= 4 is 5.71 Å². The van der Waals surface area contributed by atoms with Crippen LogP contribution < -0.4 is 0 Å². The Balaban J connectivity index is 3.25. The summed E-state index contributed by atoms with van der Waals surface area (Å²) in [5, 5.41) is 7.60. The lowest BCUT2D eigenvalue weighted by Gasteiger charge is -2.11. The molecule has 1 aromatic rings. The van der Waals surface area contributed by atoms with E-state index in [1.165, 1.54) is 24.3 Å². The average molecular weight is 227 g/mol. The molecular weight excluding hydrogens is 215 g/mol. The molecule has 1 aromatic carbocycles. The van der Waals surface area contributed by atoms with E-state index in [2.05, 4.69) is 0 Å². The largest absolute Gasteiger partial charge is 0.417 e. The Bertz CT molecular complexity index is 426. The smallest absolute Gasteiger partial charge is 0.300 e. The molecule has 1 rings (SSSR count). The maximum Gasteiger partial charge on any atom is 0.417 e. The normalized spacial score (nSPS) is 11.1. The fraction of sp³-hybridized carbons (Fsp3) is 0.250. The number of alkyl halides is 3. The van der Waals surface area contributed by atoms with Crippen molar-refractivity contribution < 1.29 is 13.2 Å². The quantitative estimate of drug-likeness (QED) is 0.737. The molecule has 0 spiro atoms. The van der Waals surface area contributed by atoms with Crippen LogP contribution in [0.15, 0.2) is 35.9 Å². The van der Waals surface area contributed by atoms with Gasteiger partial charge in [-0.25, -0.2) is 0 Å². The van der Waals surface area contributed by atoms with Crippen molar-refractivity contribution in [1.29, 1.82) is 5.41 Å². The number of allylic oxidation sites excluding steroid dienone is 2. The van der Waals surface area contributed by atoms with Gasteiger partial charge in [-0.2, -0.15) is 13.2 Å². The third kappa shape index (κ3) is 2.95. The molecule has 0 saturated carbocycles. The minimum absolute atomic E-state index is 0.0869. The molecule has 1 nitrogen and oxygen atoms in total. The summed E-state index contributed by atoms with van der Waals surface area (Å²) >= 11 is 0. The summed E-state index contributed by atoms with van der Waals surface area (Å²) in [4.78, 5) is 0. The Kier molecular flexibility index (Phi) is 3.52. The van der Waals surface area contributed by atoms with Crippen molar-refractivity contribution in [3.05, 3.63) is 47.0 Å². The van der Waals surface area contributed by atoms with Crippen LogP contribution >= 0.6 is 0 Å². The zero-order valence-electron chi connectivity index (χ0n) is 9.02. The number of benzene rings is 1. The first kappa shape index (κ1) is 12.5. The molecule has 0 saturated heterocycles. The van der Waals surface area contributed by atoms with Gasteiger partial charge in [-0.1, -0.05) is 23.8 Å². The molecule has 0 bridgehead atoms.